The lowest BCUT2D eigenvalue weighted by atomic mass is 9.99. The highest BCUT2D eigenvalue weighted by molar-refractivity contribution is 7.26. The van der Waals surface area contributed by atoms with Crippen LogP contribution in [0.1, 0.15) is 18.2 Å². The van der Waals surface area contributed by atoms with Crippen molar-refractivity contribution in [3.05, 3.63) is 158 Å². The van der Waals surface area contributed by atoms with Crippen LogP contribution in [0.15, 0.2) is 156 Å². The Hall–Kier alpha value is -6.37. The van der Waals surface area contributed by atoms with Gasteiger partial charge in [0.05, 0.1) is 16.7 Å². The second-order valence-corrected chi connectivity index (χ2v) is 14.1. The third-order valence-electron chi connectivity index (χ3n) is 10.2. The van der Waals surface area contributed by atoms with Crippen LogP contribution in [0, 0.1) is 0 Å². The van der Waals surface area contributed by atoms with Crippen LogP contribution in [-0.2, 0) is 0 Å². The van der Waals surface area contributed by atoms with Gasteiger partial charge in [-0.15, -0.1) is 11.3 Å². The van der Waals surface area contributed by atoms with E-state index in [0.29, 0.717) is 11.6 Å². The van der Waals surface area contributed by atoms with E-state index in [9.17, 15) is 0 Å². The fourth-order valence-electron chi connectivity index (χ4n) is 7.86. The molecule has 10 aromatic rings. The molecule has 240 valence electrons. The average Bonchev–Trinajstić information content (AvgIpc) is 3.88. The number of hydrogen-bond acceptors (Lipinski definition) is 5. The standard InChI is InChI=1S/C45H28N4OS/c1-3-13-27(14-4-1)43-46-44(28-15-5-2-6-16-28)48-45(47-43)33-20-12-23-37-39(33)32-19-11-22-36(41(32)50-37)49-34-21-9-7-18-31(34)40-35(49)26-25-30-29-17-8-10-24-38(29)51-42(30)40/h1-15,17-26,28H,16H2. The maximum Gasteiger partial charge on any atom is 0.164 e. The summed E-state index contributed by atoms with van der Waals surface area (Å²) < 4.78 is 11.8. The number of fused-ring (bicyclic) bond motifs is 10. The summed E-state index contributed by atoms with van der Waals surface area (Å²) in [6.07, 6.45) is 9.35. The molecule has 51 heavy (non-hydrogen) atoms. The fourth-order valence-corrected chi connectivity index (χ4v) is 9.12. The molecule has 4 heterocycles. The summed E-state index contributed by atoms with van der Waals surface area (Å²) in [4.78, 5) is 15.2. The van der Waals surface area contributed by atoms with Gasteiger partial charge in [-0.2, -0.15) is 0 Å². The molecule has 0 N–H and O–H groups in total. The molecule has 0 saturated heterocycles. The van der Waals surface area contributed by atoms with Crippen molar-refractivity contribution in [3.8, 4) is 28.5 Å². The first-order valence-electron chi connectivity index (χ1n) is 17.2. The van der Waals surface area contributed by atoms with Crippen LogP contribution < -0.4 is 0 Å². The van der Waals surface area contributed by atoms with Crippen molar-refractivity contribution in [1.82, 2.24) is 19.5 Å². The summed E-state index contributed by atoms with van der Waals surface area (Å²) in [5.41, 5.74) is 6.82. The van der Waals surface area contributed by atoms with Crippen molar-refractivity contribution >= 4 is 75.3 Å². The molecule has 5 nitrogen and oxygen atoms in total. The molecule has 0 radical (unpaired) electrons. The number of furan rings is 1. The van der Waals surface area contributed by atoms with Gasteiger partial charge in [0.1, 0.15) is 11.4 Å². The van der Waals surface area contributed by atoms with E-state index in [1.807, 2.05) is 41.7 Å². The van der Waals surface area contributed by atoms with Crippen molar-refractivity contribution in [2.75, 3.05) is 0 Å². The molecule has 4 aromatic heterocycles. The fraction of sp³-hybridized carbons (Fsp3) is 0.0444. The molecule has 6 heteroatoms. The van der Waals surface area contributed by atoms with Gasteiger partial charge in [0.25, 0.3) is 0 Å². The molecular weight excluding hydrogens is 645 g/mol. The zero-order valence-corrected chi connectivity index (χ0v) is 28.1. The molecule has 1 aliphatic rings. The zero-order valence-electron chi connectivity index (χ0n) is 27.3. The number of thiophene rings is 1. The lowest BCUT2D eigenvalue weighted by molar-refractivity contribution is 0.666. The molecule has 1 unspecified atom stereocenters. The van der Waals surface area contributed by atoms with Crippen molar-refractivity contribution in [1.29, 1.82) is 0 Å². The van der Waals surface area contributed by atoms with Crippen LogP contribution in [-0.4, -0.2) is 19.5 Å². The number of allylic oxidation sites excluding steroid dienone is 4. The Labute approximate surface area is 296 Å². The Morgan fingerprint density at radius 2 is 1.41 bits per heavy atom. The molecule has 0 fully saturated rings. The smallest absolute Gasteiger partial charge is 0.164 e. The quantitative estimate of drug-likeness (QED) is 0.187. The van der Waals surface area contributed by atoms with Gasteiger partial charge in [0.2, 0.25) is 0 Å². The van der Waals surface area contributed by atoms with Gasteiger partial charge in [-0.1, -0.05) is 121 Å². The molecule has 0 saturated carbocycles. The molecular formula is C45H28N4OS. The molecule has 1 atom stereocenters. The Morgan fingerprint density at radius 1 is 0.608 bits per heavy atom. The van der Waals surface area contributed by atoms with E-state index in [1.54, 1.807) is 0 Å². The predicted octanol–water partition coefficient (Wildman–Crippen LogP) is 12.2. The first kappa shape index (κ1) is 28.5. The number of para-hydroxylation sites is 2. The van der Waals surface area contributed by atoms with Gasteiger partial charge in [0, 0.05) is 58.8 Å². The number of benzene rings is 6. The Kier molecular flexibility index (Phi) is 6.18. The largest absolute Gasteiger partial charge is 0.454 e. The van der Waals surface area contributed by atoms with Crippen LogP contribution >= 0.6 is 11.3 Å². The van der Waals surface area contributed by atoms with Gasteiger partial charge in [-0.05, 0) is 36.8 Å². The van der Waals surface area contributed by atoms with Crippen LogP contribution in [0.5, 0.6) is 0 Å². The summed E-state index contributed by atoms with van der Waals surface area (Å²) in [6.45, 7) is 0. The Bertz CT molecular complexity index is 3070. The van der Waals surface area contributed by atoms with Crippen molar-refractivity contribution < 1.29 is 4.42 Å². The zero-order chi connectivity index (χ0) is 33.5. The second kappa shape index (κ2) is 11.1. The first-order chi connectivity index (χ1) is 25.3. The normalized spacial score (nSPS) is 14.6. The highest BCUT2D eigenvalue weighted by Gasteiger charge is 2.23. The minimum absolute atomic E-state index is 0.0776. The lowest BCUT2D eigenvalue weighted by Crippen LogP contribution is -2.07. The SMILES string of the molecule is C1=CCC(c2nc(-c3ccccc3)nc(-c3cccc4oc5c(-n6c7ccccc7c7c8sc9ccccc9c8ccc76)cccc5c34)n2)C=C1. The van der Waals surface area contributed by atoms with Gasteiger partial charge < -0.3 is 8.98 Å². The third-order valence-corrected chi connectivity index (χ3v) is 11.4. The Morgan fingerprint density at radius 3 is 2.31 bits per heavy atom. The maximum absolute atomic E-state index is 6.85. The second-order valence-electron chi connectivity index (χ2n) is 13.1. The van der Waals surface area contributed by atoms with E-state index in [4.69, 9.17) is 19.4 Å². The maximum atomic E-state index is 6.85. The molecule has 0 aliphatic heterocycles. The van der Waals surface area contributed by atoms with Crippen molar-refractivity contribution in [2.24, 2.45) is 0 Å². The first-order valence-corrected chi connectivity index (χ1v) is 18.0. The van der Waals surface area contributed by atoms with Gasteiger partial charge >= 0.3 is 0 Å². The van der Waals surface area contributed by atoms with Gasteiger partial charge in [-0.3, -0.25) is 0 Å². The minimum atomic E-state index is 0.0776. The predicted molar refractivity (Wildman–Crippen MR) is 211 cm³/mol. The summed E-state index contributed by atoms with van der Waals surface area (Å²) in [6, 6.07) is 44.8. The molecule has 11 rings (SSSR count). The van der Waals surface area contributed by atoms with E-state index < -0.39 is 0 Å². The van der Waals surface area contributed by atoms with Crippen LogP contribution in [0.25, 0.3) is 92.4 Å². The molecule has 0 spiro atoms. The van der Waals surface area contributed by atoms with Crippen LogP contribution in [0.4, 0.5) is 0 Å². The molecule has 6 aromatic carbocycles. The number of rotatable bonds is 4. The topological polar surface area (TPSA) is 56.7 Å². The van der Waals surface area contributed by atoms with E-state index >= 15 is 0 Å². The highest BCUT2D eigenvalue weighted by atomic mass is 32.1. The van der Waals surface area contributed by atoms with Gasteiger partial charge in [-0.25, -0.2) is 15.0 Å². The van der Waals surface area contributed by atoms with E-state index in [0.717, 1.165) is 62.0 Å². The van der Waals surface area contributed by atoms with Crippen molar-refractivity contribution in [3.63, 3.8) is 0 Å². The van der Waals surface area contributed by atoms with Crippen LogP contribution in [0.3, 0.4) is 0 Å². The van der Waals surface area contributed by atoms with E-state index in [2.05, 4.69) is 126 Å². The van der Waals surface area contributed by atoms with E-state index in [-0.39, 0.29) is 5.92 Å². The molecule has 0 bridgehead atoms. The lowest BCUT2D eigenvalue weighted by Gasteiger charge is -2.14. The minimum Gasteiger partial charge on any atom is -0.454 e. The van der Waals surface area contributed by atoms with Crippen LogP contribution in [0.2, 0.25) is 0 Å². The van der Waals surface area contributed by atoms with E-state index in [1.165, 1.54) is 30.9 Å². The molecule has 0 amide bonds. The van der Waals surface area contributed by atoms with Crippen molar-refractivity contribution in [2.45, 2.75) is 12.3 Å². The average molecular weight is 673 g/mol. The number of nitrogens with zero attached hydrogens (tertiary/aromatic N) is 4. The molecule has 1 aliphatic carbocycles. The summed E-state index contributed by atoms with van der Waals surface area (Å²) in [5.74, 6) is 2.16. The third kappa shape index (κ3) is 4.30. The summed E-state index contributed by atoms with van der Waals surface area (Å²) in [5, 5.41) is 7.12. The summed E-state index contributed by atoms with van der Waals surface area (Å²) >= 11 is 1.87. The summed E-state index contributed by atoms with van der Waals surface area (Å²) in [7, 11) is 0. The number of aromatic nitrogens is 4. The number of hydrogen-bond donors (Lipinski definition) is 0. The Balaban J connectivity index is 1.17. The monoisotopic (exact) mass is 672 g/mol. The van der Waals surface area contributed by atoms with Gasteiger partial charge in [0.15, 0.2) is 17.2 Å². The highest BCUT2D eigenvalue weighted by Crippen LogP contribution is 2.45.